The van der Waals surface area contributed by atoms with Crippen molar-refractivity contribution in [2.75, 3.05) is 5.73 Å². The van der Waals surface area contributed by atoms with Crippen molar-refractivity contribution in [1.29, 1.82) is 0 Å². The highest BCUT2D eigenvalue weighted by atomic mass is 32.2. The van der Waals surface area contributed by atoms with Gasteiger partial charge in [0.15, 0.2) is 0 Å². The number of benzene rings is 1. The first-order valence-corrected chi connectivity index (χ1v) is 7.47. The van der Waals surface area contributed by atoms with E-state index in [0.29, 0.717) is 18.0 Å². The van der Waals surface area contributed by atoms with Crippen molar-refractivity contribution in [2.24, 2.45) is 5.14 Å². The third-order valence-electron chi connectivity index (χ3n) is 2.26. The molecular weight excluding hydrogens is 272 g/mol. The fourth-order valence-corrected chi connectivity index (χ4v) is 2.51. The normalized spacial score (nSPS) is 11.4. The minimum Gasteiger partial charge on any atom is -0.486 e. The number of ether oxygens (including phenoxy) is 1. The number of hydrogen-bond donors (Lipinski definition) is 2. The highest BCUT2D eigenvalue weighted by molar-refractivity contribution is 7.89. The molecule has 0 radical (unpaired) electrons. The maximum absolute atomic E-state index is 11.2. The van der Waals surface area contributed by atoms with Crippen LogP contribution in [-0.2, 0) is 16.6 Å². The van der Waals surface area contributed by atoms with Crippen LogP contribution in [0.2, 0.25) is 0 Å². The van der Waals surface area contributed by atoms with Gasteiger partial charge in [-0.25, -0.2) is 13.6 Å². The van der Waals surface area contributed by atoms with Gasteiger partial charge in [0.2, 0.25) is 10.0 Å². The smallest absolute Gasteiger partial charge is 0.238 e. The molecule has 5 nitrogen and oxygen atoms in total. The van der Waals surface area contributed by atoms with Crippen molar-refractivity contribution in [1.82, 2.24) is 0 Å². The van der Waals surface area contributed by atoms with E-state index in [4.69, 9.17) is 15.6 Å². The number of primary sulfonamides is 1. The molecule has 0 unspecified atom stereocenters. The third kappa shape index (κ3) is 3.00. The van der Waals surface area contributed by atoms with E-state index < -0.39 is 10.0 Å². The summed E-state index contributed by atoms with van der Waals surface area (Å²) in [4.78, 5) is 1.01. The molecule has 0 fully saturated rings. The number of nitrogens with two attached hydrogens (primary N) is 2. The summed E-state index contributed by atoms with van der Waals surface area (Å²) in [6.45, 7) is 0.343. The van der Waals surface area contributed by atoms with E-state index in [1.165, 1.54) is 18.2 Å². The molecule has 4 N–H and O–H groups in total. The number of rotatable bonds is 4. The number of nitrogen functional groups attached to an aromatic ring is 1. The predicted molar refractivity (Wildman–Crippen MR) is 70.9 cm³/mol. The molecule has 0 aliphatic heterocycles. The molecule has 0 aliphatic rings. The third-order valence-corrected chi connectivity index (χ3v) is 4.02. The Hall–Kier alpha value is -1.57. The molecule has 1 aromatic carbocycles. The lowest BCUT2D eigenvalue weighted by molar-refractivity contribution is 0.311. The van der Waals surface area contributed by atoms with Crippen molar-refractivity contribution < 1.29 is 13.2 Å². The van der Waals surface area contributed by atoms with Crippen LogP contribution >= 0.6 is 11.3 Å². The Labute approximate surface area is 109 Å². The van der Waals surface area contributed by atoms with E-state index in [0.717, 1.165) is 4.88 Å². The molecule has 0 aliphatic carbocycles. The standard InChI is InChI=1S/C11H12N2O3S2/c12-10-4-3-9(18(13,14)15)6-11(10)16-7-8-2-1-5-17-8/h1-6H,7,12H2,(H2,13,14,15). The minimum absolute atomic E-state index is 0.0159. The Balaban J connectivity index is 2.22. The average Bonchev–Trinajstić information content (AvgIpc) is 2.79. The molecule has 7 heteroatoms. The first-order valence-electron chi connectivity index (χ1n) is 5.04. The summed E-state index contributed by atoms with van der Waals surface area (Å²) in [5.74, 6) is 0.315. The zero-order valence-electron chi connectivity index (χ0n) is 9.37. The van der Waals surface area contributed by atoms with Gasteiger partial charge in [0.05, 0.1) is 10.6 Å². The van der Waals surface area contributed by atoms with E-state index in [1.807, 2.05) is 17.5 Å². The lowest BCUT2D eigenvalue weighted by Crippen LogP contribution is -2.12. The summed E-state index contributed by atoms with van der Waals surface area (Å²) in [6, 6.07) is 7.97. The summed E-state index contributed by atoms with van der Waals surface area (Å²) in [6.07, 6.45) is 0. The van der Waals surface area contributed by atoms with Gasteiger partial charge in [-0.3, -0.25) is 0 Å². The lowest BCUT2D eigenvalue weighted by atomic mass is 10.3. The molecule has 0 amide bonds. The highest BCUT2D eigenvalue weighted by Gasteiger charge is 2.11. The molecule has 0 bridgehead atoms. The zero-order chi connectivity index (χ0) is 13.2. The Bertz CT molecular complexity index is 636. The van der Waals surface area contributed by atoms with Crippen LogP contribution in [0.1, 0.15) is 4.88 Å². The molecule has 0 atom stereocenters. The second kappa shape index (κ2) is 4.97. The Morgan fingerprint density at radius 2 is 2.06 bits per heavy atom. The first-order chi connectivity index (χ1) is 8.47. The molecule has 2 rings (SSSR count). The number of sulfonamides is 1. The molecule has 0 saturated carbocycles. The van der Waals surface area contributed by atoms with Gasteiger partial charge in [0, 0.05) is 10.9 Å². The SMILES string of the molecule is Nc1ccc(S(N)(=O)=O)cc1OCc1cccs1. The number of hydrogen-bond acceptors (Lipinski definition) is 5. The molecule has 1 heterocycles. The molecule has 1 aromatic heterocycles. The quantitative estimate of drug-likeness (QED) is 0.833. The van der Waals surface area contributed by atoms with Crippen LogP contribution in [0.5, 0.6) is 5.75 Å². The van der Waals surface area contributed by atoms with E-state index in [2.05, 4.69) is 0 Å². The van der Waals surface area contributed by atoms with Crippen molar-refractivity contribution in [3.05, 3.63) is 40.6 Å². The maximum Gasteiger partial charge on any atom is 0.238 e. The molecule has 18 heavy (non-hydrogen) atoms. The Morgan fingerprint density at radius 1 is 1.28 bits per heavy atom. The van der Waals surface area contributed by atoms with Crippen molar-refractivity contribution in [3.63, 3.8) is 0 Å². The number of thiophene rings is 1. The molecule has 2 aromatic rings. The second-order valence-corrected chi connectivity index (χ2v) is 6.21. The molecule has 0 saturated heterocycles. The van der Waals surface area contributed by atoms with Crippen molar-refractivity contribution >= 4 is 27.0 Å². The molecule has 96 valence electrons. The second-order valence-electron chi connectivity index (χ2n) is 3.61. The van der Waals surface area contributed by atoms with Gasteiger partial charge in [0.25, 0.3) is 0 Å². The molecule has 0 spiro atoms. The van der Waals surface area contributed by atoms with Crippen LogP contribution in [0.15, 0.2) is 40.6 Å². The summed E-state index contributed by atoms with van der Waals surface area (Å²) in [5.41, 5.74) is 6.09. The fraction of sp³-hybridized carbons (Fsp3) is 0.0909. The fourth-order valence-electron chi connectivity index (χ4n) is 1.36. The van der Waals surface area contributed by atoms with Crippen LogP contribution in [0, 0.1) is 0 Å². The Morgan fingerprint density at radius 3 is 2.67 bits per heavy atom. The van der Waals surface area contributed by atoms with E-state index in [-0.39, 0.29) is 4.90 Å². The topological polar surface area (TPSA) is 95.4 Å². The van der Waals surface area contributed by atoms with Crippen LogP contribution in [0.25, 0.3) is 0 Å². The summed E-state index contributed by atoms with van der Waals surface area (Å²) in [7, 11) is -3.75. The first kappa shape index (κ1) is 12.9. The maximum atomic E-state index is 11.2. The van der Waals surface area contributed by atoms with Gasteiger partial charge in [-0.1, -0.05) is 6.07 Å². The van der Waals surface area contributed by atoms with E-state index in [9.17, 15) is 8.42 Å². The largest absolute Gasteiger partial charge is 0.486 e. The van der Waals surface area contributed by atoms with Crippen LogP contribution in [-0.4, -0.2) is 8.42 Å². The Kier molecular flexibility index (Phi) is 3.55. The number of anilines is 1. The lowest BCUT2D eigenvalue weighted by Gasteiger charge is -2.09. The van der Waals surface area contributed by atoms with Crippen LogP contribution < -0.4 is 15.6 Å². The van der Waals surface area contributed by atoms with Gasteiger partial charge in [-0.2, -0.15) is 0 Å². The minimum atomic E-state index is -3.75. The average molecular weight is 284 g/mol. The van der Waals surface area contributed by atoms with E-state index in [1.54, 1.807) is 11.3 Å². The molecular formula is C11H12N2O3S2. The van der Waals surface area contributed by atoms with Gasteiger partial charge >= 0.3 is 0 Å². The summed E-state index contributed by atoms with van der Waals surface area (Å²) < 4.78 is 27.9. The van der Waals surface area contributed by atoms with Crippen LogP contribution in [0.3, 0.4) is 0 Å². The summed E-state index contributed by atoms with van der Waals surface area (Å²) >= 11 is 1.55. The van der Waals surface area contributed by atoms with Crippen molar-refractivity contribution in [3.8, 4) is 5.75 Å². The monoisotopic (exact) mass is 284 g/mol. The summed E-state index contributed by atoms with van der Waals surface area (Å²) in [5, 5.41) is 6.98. The van der Waals surface area contributed by atoms with Crippen LogP contribution in [0.4, 0.5) is 5.69 Å². The van der Waals surface area contributed by atoms with Gasteiger partial charge in [-0.05, 0) is 23.6 Å². The highest BCUT2D eigenvalue weighted by Crippen LogP contribution is 2.26. The van der Waals surface area contributed by atoms with Gasteiger partial charge in [-0.15, -0.1) is 11.3 Å². The van der Waals surface area contributed by atoms with Gasteiger partial charge < -0.3 is 10.5 Å². The van der Waals surface area contributed by atoms with Gasteiger partial charge in [0.1, 0.15) is 12.4 Å². The predicted octanol–water partition coefficient (Wildman–Crippen LogP) is 1.56. The zero-order valence-corrected chi connectivity index (χ0v) is 11.0. The van der Waals surface area contributed by atoms with E-state index >= 15 is 0 Å². The van der Waals surface area contributed by atoms with Crippen molar-refractivity contribution in [2.45, 2.75) is 11.5 Å².